The number of esters is 2. The summed E-state index contributed by atoms with van der Waals surface area (Å²) in [6, 6.07) is 11.1. The summed E-state index contributed by atoms with van der Waals surface area (Å²) in [6.07, 6.45) is 9.69. The standard InChI is InChI=1S/C30H37FO5/c1-4-5-22-6-8-23(9-7-22)10-11-24-12-17-28(27(31)20-24)36-30(33)25-13-15-26(16-14-25)34-18-19-35-29(32)21(2)3/h12-17,20,22-23H,2,4-11,18-19H2,1,3H3. The molecule has 2 aromatic carbocycles. The van der Waals surface area contributed by atoms with Gasteiger partial charge in [0.1, 0.15) is 19.0 Å². The van der Waals surface area contributed by atoms with Crippen LogP contribution in [-0.4, -0.2) is 25.2 Å². The van der Waals surface area contributed by atoms with E-state index in [0.717, 1.165) is 30.2 Å². The molecule has 1 aliphatic carbocycles. The first kappa shape index (κ1) is 27.4. The van der Waals surface area contributed by atoms with Crippen LogP contribution in [-0.2, 0) is 16.0 Å². The fourth-order valence-electron chi connectivity index (χ4n) is 4.63. The normalized spacial score (nSPS) is 17.3. The Kier molecular flexibility index (Phi) is 10.5. The Morgan fingerprint density at radius 1 is 0.972 bits per heavy atom. The largest absolute Gasteiger partial charge is 0.490 e. The fraction of sp³-hybridized carbons (Fsp3) is 0.467. The molecule has 0 N–H and O–H groups in total. The lowest BCUT2D eigenvalue weighted by Crippen LogP contribution is -2.15. The highest BCUT2D eigenvalue weighted by Gasteiger charge is 2.20. The first-order valence-corrected chi connectivity index (χ1v) is 12.9. The maximum absolute atomic E-state index is 14.6. The Balaban J connectivity index is 1.44. The third-order valence-corrected chi connectivity index (χ3v) is 6.73. The second-order valence-electron chi connectivity index (χ2n) is 9.66. The highest BCUT2D eigenvalue weighted by atomic mass is 19.1. The number of carbonyl (C=O) groups excluding carboxylic acids is 2. The zero-order valence-electron chi connectivity index (χ0n) is 21.4. The van der Waals surface area contributed by atoms with Gasteiger partial charge in [0.05, 0.1) is 5.56 Å². The summed E-state index contributed by atoms with van der Waals surface area (Å²) in [5, 5.41) is 0. The van der Waals surface area contributed by atoms with Crippen molar-refractivity contribution in [2.24, 2.45) is 11.8 Å². The van der Waals surface area contributed by atoms with Crippen LogP contribution in [0, 0.1) is 17.7 Å². The van der Waals surface area contributed by atoms with Gasteiger partial charge in [0, 0.05) is 5.57 Å². The molecule has 0 saturated heterocycles. The third kappa shape index (κ3) is 8.51. The predicted octanol–water partition coefficient (Wildman–Crippen LogP) is 7.08. The molecule has 2 aromatic rings. The van der Waals surface area contributed by atoms with Crippen LogP contribution in [0.15, 0.2) is 54.6 Å². The van der Waals surface area contributed by atoms with Crippen LogP contribution < -0.4 is 9.47 Å². The van der Waals surface area contributed by atoms with Crippen molar-refractivity contribution in [3.63, 3.8) is 0 Å². The Hall–Kier alpha value is -3.15. The molecular formula is C30H37FO5. The summed E-state index contributed by atoms with van der Waals surface area (Å²) in [5.74, 6) is 0.387. The molecule has 36 heavy (non-hydrogen) atoms. The number of hydrogen-bond donors (Lipinski definition) is 0. The first-order chi connectivity index (χ1) is 17.4. The van der Waals surface area contributed by atoms with Crippen molar-refractivity contribution in [1.82, 2.24) is 0 Å². The molecule has 194 valence electrons. The van der Waals surface area contributed by atoms with E-state index >= 15 is 0 Å². The molecule has 0 atom stereocenters. The van der Waals surface area contributed by atoms with Gasteiger partial charge >= 0.3 is 11.9 Å². The molecule has 0 bridgehead atoms. The minimum Gasteiger partial charge on any atom is -0.490 e. The summed E-state index contributed by atoms with van der Waals surface area (Å²) in [5.41, 5.74) is 1.53. The fourth-order valence-corrected chi connectivity index (χ4v) is 4.63. The van der Waals surface area contributed by atoms with Gasteiger partial charge in [0.2, 0.25) is 0 Å². The molecule has 1 fully saturated rings. The molecule has 0 heterocycles. The van der Waals surface area contributed by atoms with Gasteiger partial charge in [-0.2, -0.15) is 0 Å². The number of ether oxygens (including phenoxy) is 3. The molecule has 1 saturated carbocycles. The van der Waals surface area contributed by atoms with Gasteiger partial charge in [0.15, 0.2) is 11.6 Å². The molecule has 0 aliphatic heterocycles. The van der Waals surface area contributed by atoms with E-state index in [9.17, 15) is 14.0 Å². The minimum absolute atomic E-state index is 0.0801. The van der Waals surface area contributed by atoms with E-state index in [1.165, 1.54) is 50.7 Å². The van der Waals surface area contributed by atoms with Gasteiger partial charge in [-0.15, -0.1) is 0 Å². The minimum atomic E-state index is -0.646. The Labute approximate surface area is 213 Å². The maximum Gasteiger partial charge on any atom is 0.343 e. The van der Waals surface area contributed by atoms with Gasteiger partial charge in [-0.25, -0.2) is 14.0 Å². The van der Waals surface area contributed by atoms with Gasteiger partial charge < -0.3 is 14.2 Å². The van der Waals surface area contributed by atoms with Crippen LogP contribution in [0.5, 0.6) is 11.5 Å². The summed E-state index contributed by atoms with van der Waals surface area (Å²) >= 11 is 0. The summed E-state index contributed by atoms with van der Waals surface area (Å²) in [6.45, 7) is 7.59. The second kappa shape index (κ2) is 13.8. The zero-order valence-corrected chi connectivity index (χ0v) is 21.4. The molecule has 1 aliphatic rings. The van der Waals surface area contributed by atoms with E-state index in [1.807, 2.05) is 6.07 Å². The topological polar surface area (TPSA) is 61.8 Å². The highest BCUT2D eigenvalue weighted by Crippen LogP contribution is 2.34. The van der Waals surface area contributed by atoms with Crippen LogP contribution in [0.25, 0.3) is 0 Å². The molecule has 5 nitrogen and oxygen atoms in total. The lowest BCUT2D eigenvalue weighted by atomic mass is 9.78. The van der Waals surface area contributed by atoms with Crippen molar-refractivity contribution in [3.05, 3.63) is 71.6 Å². The van der Waals surface area contributed by atoms with E-state index in [1.54, 1.807) is 31.2 Å². The maximum atomic E-state index is 14.6. The number of aryl methyl sites for hydroxylation is 1. The van der Waals surface area contributed by atoms with Crippen LogP contribution in [0.4, 0.5) is 4.39 Å². The zero-order chi connectivity index (χ0) is 25.9. The number of rotatable bonds is 12. The van der Waals surface area contributed by atoms with Gasteiger partial charge in [-0.05, 0) is 73.6 Å². The second-order valence-corrected chi connectivity index (χ2v) is 9.66. The predicted molar refractivity (Wildman–Crippen MR) is 138 cm³/mol. The number of hydrogen-bond acceptors (Lipinski definition) is 5. The van der Waals surface area contributed by atoms with E-state index in [0.29, 0.717) is 11.3 Å². The van der Waals surface area contributed by atoms with Crippen molar-refractivity contribution >= 4 is 11.9 Å². The average molecular weight is 497 g/mol. The summed E-state index contributed by atoms with van der Waals surface area (Å²) in [4.78, 5) is 23.8. The van der Waals surface area contributed by atoms with Crippen molar-refractivity contribution in [2.45, 2.75) is 65.2 Å². The lowest BCUT2D eigenvalue weighted by Gasteiger charge is -2.28. The molecule has 0 spiro atoms. The monoisotopic (exact) mass is 496 g/mol. The van der Waals surface area contributed by atoms with E-state index in [-0.39, 0.29) is 24.5 Å². The number of carbonyl (C=O) groups is 2. The molecular weight excluding hydrogens is 459 g/mol. The van der Waals surface area contributed by atoms with Crippen molar-refractivity contribution < 1.29 is 28.2 Å². The van der Waals surface area contributed by atoms with Crippen LogP contribution in [0.2, 0.25) is 0 Å². The van der Waals surface area contributed by atoms with Crippen molar-refractivity contribution in [1.29, 1.82) is 0 Å². The summed E-state index contributed by atoms with van der Waals surface area (Å²) < 4.78 is 30.4. The van der Waals surface area contributed by atoms with E-state index in [2.05, 4.69) is 13.5 Å². The van der Waals surface area contributed by atoms with Crippen molar-refractivity contribution in [2.75, 3.05) is 13.2 Å². The average Bonchev–Trinajstić information content (AvgIpc) is 2.88. The van der Waals surface area contributed by atoms with Gasteiger partial charge in [0.25, 0.3) is 0 Å². The van der Waals surface area contributed by atoms with E-state index in [4.69, 9.17) is 14.2 Å². The summed E-state index contributed by atoms with van der Waals surface area (Å²) in [7, 11) is 0. The highest BCUT2D eigenvalue weighted by molar-refractivity contribution is 5.91. The molecule has 3 rings (SSSR count). The third-order valence-electron chi connectivity index (χ3n) is 6.73. The molecule has 6 heteroatoms. The SMILES string of the molecule is C=C(C)C(=O)OCCOc1ccc(C(=O)Oc2ccc(CCC3CCC(CCC)CC3)cc2F)cc1. The molecule has 0 amide bonds. The smallest absolute Gasteiger partial charge is 0.343 e. The lowest BCUT2D eigenvalue weighted by molar-refractivity contribution is -0.139. The van der Waals surface area contributed by atoms with Gasteiger partial charge in [-0.1, -0.05) is 58.1 Å². The van der Waals surface area contributed by atoms with Gasteiger partial charge in [-0.3, -0.25) is 0 Å². The number of halogens is 1. The van der Waals surface area contributed by atoms with Crippen LogP contribution >= 0.6 is 0 Å². The van der Waals surface area contributed by atoms with Crippen LogP contribution in [0.3, 0.4) is 0 Å². The number of benzene rings is 2. The Morgan fingerprint density at radius 3 is 2.25 bits per heavy atom. The quantitative estimate of drug-likeness (QED) is 0.136. The van der Waals surface area contributed by atoms with Crippen LogP contribution in [0.1, 0.15) is 74.7 Å². The Morgan fingerprint density at radius 2 is 1.64 bits per heavy atom. The van der Waals surface area contributed by atoms with E-state index < -0.39 is 17.8 Å². The van der Waals surface area contributed by atoms with Crippen molar-refractivity contribution in [3.8, 4) is 11.5 Å². The Bertz CT molecular complexity index is 1020. The molecule has 0 radical (unpaired) electrons. The molecule has 0 unspecified atom stereocenters. The molecule has 0 aromatic heterocycles. The first-order valence-electron chi connectivity index (χ1n) is 12.9.